The first-order valence-electron chi connectivity index (χ1n) is 31.0. The van der Waals surface area contributed by atoms with Crippen LogP contribution in [0, 0.1) is 12.3 Å². The van der Waals surface area contributed by atoms with Crippen molar-refractivity contribution in [3.05, 3.63) is 273 Å². The molecule has 0 heteroatoms. The normalized spacial score (nSPS) is 15.9. The highest BCUT2D eigenvalue weighted by atomic mass is 14.4. The molecule has 0 bridgehead atoms. The van der Waals surface area contributed by atoms with Gasteiger partial charge in [0.1, 0.15) is 0 Å². The summed E-state index contributed by atoms with van der Waals surface area (Å²) in [6.07, 6.45) is 16.1. The van der Waals surface area contributed by atoms with Crippen molar-refractivity contribution in [2.45, 2.75) is 91.9 Å². The van der Waals surface area contributed by atoms with E-state index < -0.39 is 0 Å². The molecule has 11 aromatic rings. The summed E-state index contributed by atoms with van der Waals surface area (Å²) in [6.45, 7) is 19.0. The molecule has 0 heterocycles. The minimum atomic E-state index is -0.160. The second kappa shape index (κ2) is 18.0. The molecule has 0 fully saturated rings. The van der Waals surface area contributed by atoms with Crippen LogP contribution in [0.25, 0.3) is 134 Å². The van der Waals surface area contributed by atoms with Gasteiger partial charge in [0, 0.05) is 10.8 Å². The van der Waals surface area contributed by atoms with Crippen molar-refractivity contribution in [1.29, 1.82) is 0 Å². The van der Waals surface area contributed by atoms with Gasteiger partial charge in [0.05, 0.1) is 0 Å². The second-order valence-corrected chi connectivity index (χ2v) is 27.5. The molecule has 0 spiro atoms. The minimum Gasteiger partial charge on any atom is -0.0795 e. The molecule has 0 saturated heterocycles. The summed E-state index contributed by atoms with van der Waals surface area (Å²) in [5.41, 5.74) is 40.5. The SMILES string of the molecule is Cc1cc(-c2ccc3c(c2)C(C)(C)c2cc(-c4ccc5c(c4)C(C)(C)c4cc(-c6ccc(-c7ccc(-c8ccc9ccc%10c%11c9c8CC=C%11CC=C%10)cc7)cc6)ccc4-5)ccc2-3)ccc1-c1ccc2c3c4c(ccc13)C=C(C(C)(C)C)CC4=CC2. The van der Waals surface area contributed by atoms with Gasteiger partial charge in [-0.05, 0) is 245 Å². The van der Waals surface area contributed by atoms with Crippen LogP contribution in [0.4, 0.5) is 0 Å². The molecule has 0 aliphatic heterocycles. The lowest BCUT2D eigenvalue weighted by molar-refractivity contribution is 0.498. The fourth-order valence-corrected chi connectivity index (χ4v) is 16.2. The zero-order chi connectivity index (χ0) is 57.4. The van der Waals surface area contributed by atoms with Crippen molar-refractivity contribution in [1.82, 2.24) is 0 Å². The predicted octanol–water partition coefficient (Wildman–Crippen LogP) is 23.0. The molecule has 408 valence electrons. The molecular formula is C85H68. The predicted molar refractivity (Wildman–Crippen MR) is 363 cm³/mol. The summed E-state index contributed by atoms with van der Waals surface area (Å²) >= 11 is 0. The van der Waals surface area contributed by atoms with Crippen molar-refractivity contribution < 1.29 is 0 Å². The smallest absolute Gasteiger partial charge is 0.0159 e. The van der Waals surface area contributed by atoms with Crippen LogP contribution >= 0.6 is 0 Å². The number of hydrogen-bond acceptors (Lipinski definition) is 0. The van der Waals surface area contributed by atoms with Crippen molar-refractivity contribution in [3.63, 3.8) is 0 Å². The van der Waals surface area contributed by atoms with E-state index in [-0.39, 0.29) is 16.2 Å². The average molecular weight is 1090 g/mol. The molecule has 17 rings (SSSR count). The first-order chi connectivity index (χ1) is 41.1. The average Bonchev–Trinajstić information content (AvgIpc) is 2.34. The molecule has 0 atom stereocenters. The molecule has 0 unspecified atom stereocenters. The highest BCUT2D eigenvalue weighted by Crippen LogP contribution is 2.55. The molecule has 0 saturated carbocycles. The Morgan fingerprint density at radius 3 is 1.41 bits per heavy atom. The van der Waals surface area contributed by atoms with Crippen LogP contribution in [-0.2, 0) is 23.7 Å². The molecule has 0 radical (unpaired) electrons. The van der Waals surface area contributed by atoms with Crippen molar-refractivity contribution in [2.75, 3.05) is 0 Å². The zero-order valence-corrected chi connectivity index (χ0v) is 50.1. The number of allylic oxidation sites excluding steroid dienone is 6. The standard InChI is InChI=1S/C85H68/c1-49-42-58(27-33-66(49)68-35-25-57-22-23-63-43-65(83(2,3)4)44-64-32-41-74(68)82(57)80(63)64)60-29-37-70-72-39-31-62(48-78(72)85(7,8)76(70)46-60)61-30-38-71-69-36-28-59(45-75(69)84(5,6)77(71)47-61)52-14-12-50(13-15-52)51-16-18-53(19-17-51)67-34-24-56-21-20-54-10-9-11-55-26-40-73(67)81(56)79(54)55/h9-10,12-21,23-39,41-42,44-48H,11,22,40,43H2,1-8H3. The molecule has 0 amide bonds. The van der Waals surface area contributed by atoms with E-state index in [2.05, 4.69) is 274 Å². The summed E-state index contributed by atoms with van der Waals surface area (Å²) in [5, 5.41) is 5.63. The maximum Gasteiger partial charge on any atom is 0.0159 e. The number of rotatable bonds is 6. The lowest BCUT2D eigenvalue weighted by atomic mass is 9.72. The topological polar surface area (TPSA) is 0 Å². The Hall–Kier alpha value is -9.10. The Kier molecular flexibility index (Phi) is 10.7. The van der Waals surface area contributed by atoms with Crippen LogP contribution in [0.5, 0.6) is 0 Å². The number of aryl methyl sites for hydroxylation is 1. The lowest BCUT2D eigenvalue weighted by Crippen LogP contribution is -2.15. The Bertz CT molecular complexity index is 4930. The fraction of sp³-hybridized carbons (Fsp3) is 0.176. The fourth-order valence-electron chi connectivity index (χ4n) is 16.2. The van der Waals surface area contributed by atoms with E-state index in [1.54, 1.807) is 0 Å². The number of fused-ring (bicyclic) bond motifs is 6. The van der Waals surface area contributed by atoms with Gasteiger partial charge in [-0.25, -0.2) is 0 Å². The Morgan fingerprint density at radius 2 is 0.835 bits per heavy atom. The third-order valence-corrected chi connectivity index (χ3v) is 21.0. The highest BCUT2D eigenvalue weighted by Gasteiger charge is 2.38. The highest BCUT2D eigenvalue weighted by molar-refractivity contribution is 6.09. The van der Waals surface area contributed by atoms with Gasteiger partial charge < -0.3 is 0 Å². The summed E-state index contributed by atoms with van der Waals surface area (Å²) in [5.74, 6) is 0. The Morgan fingerprint density at radius 1 is 0.376 bits per heavy atom. The summed E-state index contributed by atoms with van der Waals surface area (Å²) in [4.78, 5) is 0. The molecular weight excluding hydrogens is 1020 g/mol. The summed E-state index contributed by atoms with van der Waals surface area (Å²) in [6, 6.07) is 73.2. The van der Waals surface area contributed by atoms with Crippen LogP contribution in [0.1, 0.15) is 123 Å². The molecule has 11 aromatic carbocycles. The van der Waals surface area contributed by atoms with Gasteiger partial charge in [-0.15, -0.1) is 0 Å². The van der Waals surface area contributed by atoms with E-state index in [9.17, 15) is 0 Å². The quantitative estimate of drug-likeness (QED) is 0.156. The van der Waals surface area contributed by atoms with Gasteiger partial charge in [0.2, 0.25) is 0 Å². The van der Waals surface area contributed by atoms with Crippen molar-refractivity contribution >= 4 is 44.8 Å². The van der Waals surface area contributed by atoms with E-state index in [1.165, 1.54) is 188 Å². The van der Waals surface area contributed by atoms with Crippen LogP contribution in [0.3, 0.4) is 0 Å². The van der Waals surface area contributed by atoms with Gasteiger partial charge in [0.15, 0.2) is 0 Å². The van der Waals surface area contributed by atoms with Crippen LogP contribution < -0.4 is 0 Å². The van der Waals surface area contributed by atoms with Gasteiger partial charge >= 0.3 is 0 Å². The maximum atomic E-state index is 2.49. The number of benzene rings is 11. The lowest BCUT2D eigenvalue weighted by Gasteiger charge is -2.32. The molecule has 85 heavy (non-hydrogen) atoms. The third kappa shape index (κ3) is 7.53. The van der Waals surface area contributed by atoms with Crippen molar-refractivity contribution in [3.8, 4) is 89.0 Å². The first kappa shape index (κ1) is 50.4. The van der Waals surface area contributed by atoms with E-state index in [1.807, 2.05) is 0 Å². The number of hydrogen-bond donors (Lipinski definition) is 0. The van der Waals surface area contributed by atoms with Gasteiger partial charge in [-0.1, -0.05) is 248 Å². The largest absolute Gasteiger partial charge is 0.0795 e. The summed E-state index contributed by atoms with van der Waals surface area (Å²) < 4.78 is 0. The molecule has 6 aliphatic rings. The van der Waals surface area contributed by atoms with Crippen LogP contribution in [0.2, 0.25) is 0 Å². The van der Waals surface area contributed by atoms with E-state index in [4.69, 9.17) is 0 Å². The monoisotopic (exact) mass is 1090 g/mol. The molecule has 0 nitrogen and oxygen atoms in total. The third-order valence-electron chi connectivity index (χ3n) is 21.0. The summed E-state index contributed by atoms with van der Waals surface area (Å²) in [7, 11) is 0. The molecule has 6 aliphatic carbocycles. The molecule has 0 N–H and O–H groups in total. The van der Waals surface area contributed by atoms with Gasteiger partial charge in [-0.2, -0.15) is 0 Å². The Balaban J connectivity index is 0.616. The van der Waals surface area contributed by atoms with Crippen LogP contribution in [0.15, 0.2) is 212 Å². The van der Waals surface area contributed by atoms with E-state index >= 15 is 0 Å². The van der Waals surface area contributed by atoms with E-state index in [0.29, 0.717) is 0 Å². The van der Waals surface area contributed by atoms with Crippen LogP contribution in [-0.4, -0.2) is 0 Å². The van der Waals surface area contributed by atoms with Gasteiger partial charge in [-0.3, -0.25) is 0 Å². The Labute approximate surface area is 501 Å². The zero-order valence-electron chi connectivity index (χ0n) is 50.1. The second-order valence-electron chi connectivity index (χ2n) is 27.5. The molecule has 0 aromatic heterocycles. The minimum absolute atomic E-state index is 0.156. The van der Waals surface area contributed by atoms with Gasteiger partial charge in [0.25, 0.3) is 0 Å². The van der Waals surface area contributed by atoms with Crippen molar-refractivity contribution in [2.24, 2.45) is 5.41 Å². The first-order valence-corrected chi connectivity index (χ1v) is 31.0. The van der Waals surface area contributed by atoms with E-state index in [0.717, 1.165) is 25.7 Å². The maximum absolute atomic E-state index is 2.49.